The molecule has 0 spiro atoms. The Morgan fingerprint density at radius 3 is 2.23 bits per heavy atom. The SMILES string of the molecule is CC(C)C(CC(=O)O)NC(=O)C1(C)CCCC1NC(=O)OCC1c2ccccc2-c2ccccc21. The average Bonchev–Trinajstić information content (AvgIpc) is 3.35. The lowest BCUT2D eigenvalue weighted by Crippen LogP contribution is -2.54. The van der Waals surface area contributed by atoms with Crippen LogP contribution in [0.2, 0.25) is 0 Å². The van der Waals surface area contributed by atoms with E-state index < -0.39 is 23.5 Å². The minimum atomic E-state index is -0.950. The van der Waals surface area contributed by atoms with E-state index in [0.717, 1.165) is 17.5 Å². The largest absolute Gasteiger partial charge is 0.481 e. The van der Waals surface area contributed by atoms with Crippen molar-refractivity contribution in [2.45, 2.75) is 64.5 Å². The van der Waals surface area contributed by atoms with Crippen LogP contribution >= 0.6 is 0 Å². The van der Waals surface area contributed by atoms with Crippen LogP contribution in [-0.2, 0) is 14.3 Å². The van der Waals surface area contributed by atoms with Crippen molar-refractivity contribution in [3.05, 3.63) is 59.7 Å². The number of carboxylic acid groups (broad SMARTS) is 1. The number of hydrogen-bond donors (Lipinski definition) is 3. The number of alkyl carbamates (subject to hydrolysis) is 1. The molecule has 1 saturated carbocycles. The van der Waals surface area contributed by atoms with Gasteiger partial charge < -0.3 is 20.5 Å². The summed E-state index contributed by atoms with van der Waals surface area (Å²) < 4.78 is 5.69. The van der Waals surface area contributed by atoms with Gasteiger partial charge in [0.05, 0.1) is 11.8 Å². The molecule has 0 saturated heterocycles. The third-order valence-electron chi connectivity index (χ3n) is 7.63. The third kappa shape index (κ3) is 5.04. The van der Waals surface area contributed by atoms with Gasteiger partial charge in [0.2, 0.25) is 5.91 Å². The number of fused-ring (bicyclic) bond motifs is 3. The van der Waals surface area contributed by atoms with Crippen LogP contribution in [0.1, 0.15) is 63.5 Å². The zero-order chi connectivity index (χ0) is 25.2. The second-order valence-electron chi connectivity index (χ2n) is 10.3. The van der Waals surface area contributed by atoms with E-state index in [4.69, 9.17) is 4.74 Å². The minimum absolute atomic E-state index is 0.0198. The number of aliphatic carboxylic acids is 1. The molecule has 35 heavy (non-hydrogen) atoms. The molecule has 2 aromatic carbocycles. The standard InChI is InChI=1S/C28H34N2O5/c1-17(2)23(15-25(31)32)29-26(33)28(3)14-8-13-24(28)30-27(34)35-16-22-20-11-6-4-9-18(20)19-10-5-7-12-21(19)22/h4-7,9-12,17,22-24H,8,13-16H2,1-3H3,(H,29,33)(H,30,34)(H,31,32). The highest BCUT2D eigenvalue weighted by molar-refractivity contribution is 5.85. The van der Waals surface area contributed by atoms with Crippen molar-refractivity contribution in [1.82, 2.24) is 10.6 Å². The number of carbonyl (C=O) groups excluding carboxylic acids is 2. The fourth-order valence-electron chi connectivity index (χ4n) is 5.43. The summed E-state index contributed by atoms with van der Waals surface area (Å²) in [4.78, 5) is 37.2. The number of amides is 2. The zero-order valence-corrected chi connectivity index (χ0v) is 20.5. The Morgan fingerprint density at radius 2 is 1.66 bits per heavy atom. The first-order valence-electron chi connectivity index (χ1n) is 12.3. The van der Waals surface area contributed by atoms with Gasteiger partial charge in [0.1, 0.15) is 6.61 Å². The highest BCUT2D eigenvalue weighted by Gasteiger charge is 2.46. The predicted octanol–water partition coefficient (Wildman–Crippen LogP) is 4.70. The Balaban J connectivity index is 1.40. The molecule has 0 heterocycles. The maximum absolute atomic E-state index is 13.2. The number of benzene rings is 2. The summed E-state index contributed by atoms with van der Waals surface area (Å²) in [6, 6.07) is 15.5. The van der Waals surface area contributed by atoms with Crippen LogP contribution in [0, 0.1) is 11.3 Å². The van der Waals surface area contributed by atoms with Crippen molar-refractivity contribution >= 4 is 18.0 Å². The van der Waals surface area contributed by atoms with E-state index in [2.05, 4.69) is 34.9 Å². The maximum Gasteiger partial charge on any atom is 0.407 e. The van der Waals surface area contributed by atoms with Crippen molar-refractivity contribution in [2.75, 3.05) is 6.61 Å². The van der Waals surface area contributed by atoms with Crippen LogP contribution in [0.15, 0.2) is 48.5 Å². The molecule has 2 amide bonds. The molecule has 7 heteroatoms. The number of carboxylic acids is 1. The van der Waals surface area contributed by atoms with Gasteiger partial charge in [-0.3, -0.25) is 9.59 Å². The molecule has 0 aromatic heterocycles. The molecule has 3 N–H and O–H groups in total. The summed E-state index contributed by atoms with van der Waals surface area (Å²) in [5, 5.41) is 15.0. The molecule has 0 aliphatic heterocycles. The van der Waals surface area contributed by atoms with E-state index >= 15 is 0 Å². The molecule has 0 radical (unpaired) electrons. The van der Waals surface area contributed by atoms with Crippen molar-refractivity contribution < 1.29 is 24.2 Å². The fourth-order valence-corrected chi connectivity index (χ4v) is 5.43. The number of rotatable bonds is 8. The van der Waals surface area contributed by atoms with Crippen molar-refractivity contribution in [3.8, 4) is 11.1 Å². The maximum atomic E-state index is 13.2. The molecule has 186 valence electrons. The molecule has 3 atom stereocenters. The molecule has 2 aliphatic carbocycles. The Hall–Kier alpha value is -3.35. The highest BCUT2D eigenvalue weighted by Crippen LogP contribution is 2.44. The van der Waals surface area contributed by atoms with Crippen LogP contribution in [0.5, 0.6) is 0 Å². The summed E-state index contributed by atoms with van der Waals surface area (Å²) in [6.45, 7) is 5.82. The molecule has 0 bridgehead atoms. The summed E-state index contributed by atoms with van der Waals surface area (Å²) in [5.41, 5.74) is 3.79. The molecular weight excluding hydrogens is 444 g/mol. The summed E-state index contributed by atoms with van der Waals surface area (Å²) in [6.07, 6.45) is 1.40. The molecule has 3 unspecified atom stereocenters. The van der Waals surface area contributed by atoms with Gasteiger partial charge >= 0.3 is 12.1 Å². The van der Waals surface area contributed by atoms with Gasteiger partial charge in [-0.15, -0.1) is 0 Å². The monoisotopic (exact) mass is 478 g/mol. The summed E-state index contributed by atoms with van der Waals surface area (Å²) in [7, 11) is 0. The molecule has 2 aromatic rings. The second kappa shape index (κ2) is 10.1. The lowest BCUT2D eigenvalue weighted by atomic mass is 9.83. The van der Waals surface area contributed by atoms with E-state index in [1.54, 1.807) is 0 Å². The molecular formula is C28H34N2O5. The van der Waals surface area contributed by atoms with Gasteiger partial charge in [0.25, 0.3) is 0 Å². The lowest BCUT2D eigenvalue weighted by Gasteiger charge is -2.33. The zero-order valence-electron chi connectivity index (χ0n) is 20.5. The first-order chi connectivity index (χ1) is 16.7. The topological polar surface area (TPSA) is 105 Å². The van der Waals surface area contributed by atoms with Crippen molar-refractivity contribution in [1.29, 1.82) is 0 Å². The quantitative estimate of drug-likeness (QED) is 0.510. The Bertz CT molecular complexity index is 1070. The van der Waals surface area contributed by atoms with E-state index in [0.29, 0.717) is 12.8 Å². The van der Waals surface area contributed by atoms with Gasteiger partial charge in [-0.25, -0.2) is 4.79 Å². The molecule has 4 rings (SSSR count). The summed E-state index contributed by atoms with van der Waals surface area (Å²) in [5.74, 6) is -1.23. The first-order valence-corrected chi connectivity index (χ1v) is 12.3. The van der Waals surface area contributed by atoms with Crippen LogP contribution in [0.4, 0.5) is 4.79 Å². The fraction of sp³-hybridized carbons (Fsp3) is 0.464. The van der Waals surface area contributed by atoms with Crippen molar-refractivity contribution in [3.63, 3.8) is 0 Å². The van der Waals surface area contributed by atoms with Gasteiger partial charge in [0.15, 0.2) is 0 Å². The van der Waals surface area contributed by atoms with E-state index in [-0.39, 0.29) is 36.8 Å². The van der Waals surface area contributed by atoms with Gasteiger partial charge in [-0.2, -0.15) is 0 Å². The van der Waals surface area contributed by atoms with Crippen molar-refractivity contribution in [2.24, 2.45) is 11.3 Å². The van der Waals surface area contributed by atoms with E-state index in [9.17, 15) is 19.5 Å². The normalized spacial score (nSPS) is 21.8. The van der Waals surface area contributed by atoms with E-state index in [1.807, 2.05) is 45.0 Å². The van der Waals surface area contributed by atoms with Crippen LogP contribution in [-0.4, -0.2) is 41.8 Å². The lowest BCUT2D eigenvalue weighted by molar-refractivity contribution is -0.138. The molecule has 1 fully saturated rings. The second-order valence-corrected chi connectivity index (χ2v) is 10.3. The predicted molar refractivity (Wildman–Crippen MR) is 133 cm³/mol. The van der Waals surface area contributed by atoms with Crippen LogP contribution in [0.25, 0.3) is 11.1 Å². The van der Waals surface area contributed by atoms with E-state index in [1.165, 1.54) is 11.1 Å². The first kappa shape index (κ1) is 24.8. The Kier molecular flexibility index (Phi) is 7.15. The molecule has 2 aliphatic rings. The van der Waals surface area contributed by atoms with Gasteiger partial charge in [-0.1, -0.05) is 68.8 Å². The third-order valence-corrected chi connectivity index (χ3v) is 7.63. The van der Waals surface area contributed by atoms with Gasteiger partial charge in [0, 0.05) is 18.0 Å². The van der Waals surface area contributed by atoms with Crippen LogP contribution < -0.4 is 10.6 Å². The minimum Gasteiger partial charge on any atom is -0.481 e. The number of carbonyl (C=O) groups is 3. The van der Waals surface area contributed by atoms with Gasteiger partial charge in [-0.05, 0) is 47.9 Å². The number of nitrogens with one attached hydrogen (secondary N) is 2. The summed E-state index contributed by atoms with van der Waals surface area (Å²) >= 11 is 0. The number of hydrogen-bond acceptors (Lipinski definition) is 4. The Morgan fingerprint density at radius 1 is 1.06 bits per heavy atom. The highest BCUT2D eigenvalue weighted by atomic mass is 16.5. The smallest absolute Gasteiger partial charge is 0.407 e. The number of ether oxygens (including phenoxy) is 1. The molecule has 7 nitrogen and oxygen atoms in total. The van der Waals surface area contributed by atoms with Crippen LogP contribution in [0.3, 0.4) is 0 Å². The average molecular weight is 479 g/mol. The Labute approximate surface area is 206 Å².